The number of hydrogen-bond donors (Lipinski definition) is 2. The number of aliphatic hydroxyl groups is 2. The average molecular weight is 529 g/mol. The van der Waals surface area contributed by atoms with Gasteiger partial charge in [-0.15, -0.1) is 0 Å². The normalized spacial score (nSPS) is 45.1. The third-order valence-corrected chi connectivity index (χ3v) is 12.1. The van der Waals surface area contributed by atoms with E-state index < -0.39 is 11.2 Å². The van der Waals surface area contributed by atoms with Crippen LogP contribution in [-0.4, -0.2) is 76.6 Å². The van der Waals surface area contributed by atoms with Crippen LogP contribution in [0.15, 0.2) is 27.6 Å². The van der Waals surface area contributed by atoms with E-state index in [2.05, 4.69) is 25.8 Å². The molecule has 210 valence electrons. The lowest BCUT2D eigenvalue weighted by molar-refractivity contribution is -0.253. The molecule has 38 heavy (non-hydrogen) atoms. The predicted octanol–water partition coefficient (Wildman–Crippen LogP) is 3.75. The summed E-state index contributed by atoms with van der Waals surface area (Å²) in [5.74, 6) is 0.494. The Balaban J connectivity index is 1.18. The molecule has 8 atom stereocenters. The van der Waals surface area contributed by atoms with Crippen LogP contribution in [0.25, 0.3) is 0 Å². The lowest BCUT2D eigenvalue weighted by Crippen LogP contribution is -2.67. The second kappa shape index (κ2) is 9.07. The first-order valence-corrected chi connectivity index (χ1v) is 14.7. The first-order chi connectivity index (χ1) is 18.0. The molecule has 2 N–H and O–H groups in total. The number of nitrogens with zero attached hydrogens (tertiary/aromatic N) is 2. The van der Waals surface area contributed by atoms with Crippen molar-refractivity contribution >= 4 is 6.09 Å². The van der Waals surface area contributed by atoms with Gasteiger partial charge < -0.3 is 29.2 Å². The van der Waals surface area contributed by atoms with Crippen LogP contribution >= 0.6 is 0 Å². The number of carbonyl (C=O) groups is 1. The van der Waals surface area contributed by atoms with Gasteiger partial charge >= 0.3 is 11.7 Å². The first-order valence-electron chi connectivity index (χ1n) is 14.7. The summed E-state index contributed by atoms with van der Waals surface area (Å²) >= 11 is 0. The van der Waals surface area contributed by atoms with E-state index in [9.17, 15) is 19.8 Å². The number of ether oxygens (including phenoxy) is 1. The Labute approximate surface area is 225 Å². The minimum Gasteiger partial charge on any atom is -0.446 e. The highest BCUT2D eigenvalue weighted by atomic mass is 16.6. The molecule has 0 spiro atoms. The minimum absolute atomic E-state index is 0.122. The molecule has 4 aliphatic carbocycles. The van der Waals surface area contributed by atoms with Crippen LogP contribution in [-0.2, 0) is 4.74 Å². The van der Waals surface area contributed by atoms with Crippen LogP contribution in [0.2, 0.25) is 0 Å². The molecule has 4 saturated carbocycles. The summed E-state index contributed by atoms with van der Waals surface area (Å²) in [6.45, 7) is 7.53. The molecule has 1 aromatic rings. The molecule has 0 radical (unpaired) electrons. The molecule has 1 saturated heterocycles. The molecule has 8 unspecified atom stereocenters. The number of rotatable bonds is 2. The van der Waals surface area contributed by atoms with Gasteiger partial charge in [-0.1, -0.05) is 13.8 Å². The monoisotopic (exact) mass is 528 g/mol. The van der Waals surface area contributed by atoms with E-state index in [1.165, 1.54) is 6.07 Å². The van der Waals surface area contributed by atoms with Gasteiger partial charge in [0.2, 0.25) is 0 Å². The van der Waals surface area contributed by atoms with Crippen LogP contribution in [0.3, 0.4) is 0 Å². The Morgan fingerprint density at radius 1 is 0.947 bits per heavy atom. The van der Waals surface area contributed by atoms with Gasteiger partial charge in [0, 0.05) is 44.1 Å². The maximum Gasteiger partial charge on any atom is 0.410 e. The summed E-state index contributed by atoms with van der Waals surface area (Å²) in [5, 5.41) is 24.5. The van der Waals surface area contributed by atoms with Gasteiger partial charge in [0.25, 0.3) is 0 Å². The van der Waals surface area contributed by atoms with E-state index in [0.29, 0.717) is 25.9 Å². The topological polar surface area (TPSA) is 103 Å². The first kappa shape index (κ1) is 26.3. The van der Waals surface area contributed by atoms with Crippen molar-refractivity contribution in [3.63, 3.8) is 0 Å². The van der Waals surface area contributed by atoms with Crippen LogP contribution < -0.4 is 5.63 Å². The summed E-state index contributed by atoms with van der Waals surface area (Å²) in [7, 11) is 2.06. The highest BCUT2D eigenvalue weighted by Crippen LogP contribution is 2.71. The molecule has 8 heteroatoms. The predicted molar refractivity (Wildman–Crippen MR) is 142 cm³/mol. The maximum atomic E-state index is 12.9. The largest absolute Gasteiger partial charge is 0.446 e. The Kier molecular flexibility index (Phi) is 6.28. The second-order valence-electron chi connectivity index (χ2n) is 13.6. The minimum atomic E-state index is -0.898. The van der Waals surface area contributed by atoms with Crippen LogP contribution in [0.1, 0.15) is 83.1 Å². The van der Waals surface area contributed by atoms with Gasteiger partial charge in [-0.25, -0.2) is 9.59 Å². The third kappa shape index (κ3) is 3.80. The second-order valence-corrected chi connectivity index (χ2v) is 13.6. The molecule has 5 aliphatic rings. The number of piperazine rings is 1. The van der Waals surface area contributed by atoms with Crippen molar-refractivity contribution in [1.82, 2.24) is 9.80 Å². The molecule has 1 amide bonds. The Morgan fingerprint density at radius 3 is 2.37 bits per heavy atom. The fourth-order valence-corrected chi connectivity index (χ4v) is 9.59. The highest BCUT2D eigenvalue weighted by Gasteiger charge is 2.70. The number of carbonyl (C=O) groups excluding carboxylic acids is 1. The SMILES string of the molecule is CN1CCN(C(=O)OC2CCC3(C)C4CCC5(C)C(c6ccc(=O)oc6)CCC5(O)C4CCC3(O)C2)CC1. The van der Waals surface area contributed by atoms with Gasteiger partial charge in [-0.2, -0.15) is 0 Å². The van der Waals surface area contributed by atoms with Gasteiger partial charge in [-0.3, -0.25) is 0 Å². The Morgan fingerprint density at radius 2 is 1.66 bits per heavy atom. The molecular formula is C30H44N2O6. The maximum absolute atomic E-state index is 12.9. The molecule has 5 fully saturated rings. The third-order valence-electron chi connectivity index (χ3n) is 12.1. The van der Waals surface area contributed by atoms with E-state index in [4.69, 9.17) is 9.15 Å². The summed E-state index contributed by atoms with van der Waals surface area (Å²) in [6.07, 6.45) is 7.93. The van der Waals surface area contributed by atoms with Crippen molar-refractivity contribution in [3.05, 3.63) is 34.4 Å². The zero-order valence-corrected chi connectivity index (χ0v) is 23.2. The smallest absolute Gasteiger partial charge is 0.410 e. The average Bonchev–Trinajstić information content (AvgIpc) is 3.16. The van der Waals surface area contributed by atoms with Crippen LogP contribution in [0.4, 0.5) is 4.79 Å². The standard InChI is InChI=1S/C30H44N2O6/c1-27-10-6-21(38-26(34)32-16-14-31(3)15-17-32)18-29(27,35)12-8-24-23(27)7-11-28(2)22(9-13-30(24,28)36)20-4-5-25(33)37-19-20/h4-5,19,21-24,35-36H,6-18H2,1-3H3. The van der Waals surface area contributed by atoms with E-state index >= 15 is 0 Å². The molecular weight excluding hydrogens is 484 g/mol. The lowest BCUT2D eigenvalue weighted by atomic mass is 9.42. The summed E-state index contributed by atoms with van der Waals surface area (Å²) in [6, 6.07) is 3.35. The molecule has 8 nitrogen and oxygen atoms in total. The molecule has 2 heterocycles. The number of hydrogen-bond acceptors (Lipinski definition) is 7. The fraction of sp³-hybridized carbons (Fsp3) is 0.800. The molecule has 1 aliphatic heterocycles. The highest BCUT2D eigenvalue weighted by molar-refractivity contribution is 5.68. The molecule has 1 aromatic heterocycles. The fourth-order valence-electron chi connectivity index (χ4n) is 9.59. The zero-order chi connectivity index (χ0) is 26.9. The number of likely N-dealkylation sites (N-methyl/N-ethyl adjacent to an activating group) is 1. The molecule has 6 rings (SSSR count). The summed E-state index contributed by atoms with van der Waals surface area (Å²) < 4.78 is 11.2. The van der Waals surface area contributed by atoms with E-state index in [-0.39, 0.29) is 46.4 Å². The van der Waals surface area contributed by atoms with Crippen LogP contribution in [0, 0.1) is 22.7 Å². The Hall–Kier alpha value is -1.90. The quantitative estimate of drug-likeness (QED) is 0.603. The van der Waals surface area contributed by atoms with Crippen molar-refractivity contribution in [1.29, 1.82) is 0 Å². The summed E-state index contributed by atoms with van der Waals surface area (Å²) in [4.78, 5) is 28.4. The number of amides is 1. The van der Waals surface area contributed by atoms with E-state index in [1.54, 1.807) is 11.2 Å². The van der Waals surface area contributed by atoms with E-state index in [1.807, 2.05) is 6.07 Å². The van der Waals surface area contributed by atoms with Crippen molar-refractivity contribution < 1.29 is 24.2 Å². The Bertz CT molecular complexity index is 1110. The van der Waals surface area contributed by atoms with E-state index in [0.717, 1.165) is 63.6 Å². The molecule has 0 bridgehead atoms. The summed E-state index contributed by atoms with van der Waals surface area (Å²) in [5.41, 5.74) is -1.67. The molecule has 0 aromatic carbocycles. The van der Waals surface area contributed by atoms with Crippen molar-refractivity contribution in [3.8, 4) is 0 Å². The lowest BCUT2D eigenvalue weighted by Gasteiger charge is -2.66. The van der Waals surface area contributed by atoms with Gasteiger partial charge in [0.1, 0.15) is 6.10 Å². The van der Waals surface area contributed by atoms with Crippen LogP contribution in [0.5, 0.6) is 0 Å². The van der Waals surface area contributed by atoms with Gasteiger partial charge in [0.15, 0.2) is 0 Å². The van der Waals surface area contributed by atoms with Gasteiger partial charge in [-0.05, 0) is 93.2 Å². The zero-order valence-electron chi connectivity index (χ0n) is 23.2. The number of fused-ring (bicyclic) bond motifs is 5. The van der Waals surface area contributed by atoms with Crippen molar-refractivity contribution in [2.24, 2.45) is 22.7 Å². The van der Waals surface area contributed by atoms with Crippen molar-refractivity contribution in [2.45, 2.75) is 94.9 Å². The van der Waals surface area contributed by atoms with Gasteiger partial charge in [0.05, 0.1) is 17.5 Å². The van der Waals surface area contributed by atoms with Crippen molar-refractivity contribution in [2.75, 3.05) is 33.2 Å².